The van der Waals surface area contributed by atoms with Gasteiger partial charge in [0.15, 0.2) is 0 Å². The molecule has 0 aliphatic heterocycles. The van der Waals surface area contributed by atoms with E-state index >= 15 is 0 Å². The normalized spacial score (nSPS) is 11.6. The molecule has 1 atom stereocenters. The minimum absolute atomic E-state index is 0.161. The Hall–Kier alpha value is -2.41. The number of aryl methyl sites for hydroxylation is 1. The Balaban J connectivity index is 2.34. The number of carbonyl (C=O) groups excluding carboxylic acids is 3. The fourth-order valence-electron chi connectivity index (χ4n) is 2.92. The molecule has 1 rings (SSSR count). The number of ketones is 1. The summed E-state index contributed by atoms with van der Waals surface area (Å²) in [6, 6.07) is 7.53. The molecule has 7 nitrogen and oxygen atoms in total. The largest absolute Gasteiger partial charge is 0.497 e. The van der Waals surface area contributed by atoms with E-state index in [2.05, 4.69) is 5.32 Å². The number of hydrogen-bond acceptors (Lipinski definition) is 6. The Bertz CT molecular complexity index is 644. The average molecular weight is 422 g/mol. The van der Waals surface area contributed by atoms with Crippen molar-refractivity contribution < 1.29 is 28.6 Å². The van der Waals surface area contributed by atoms with Crippen molar-refractivity contribution in [1.29, 1.82) is 0 Å². The zero-order chi connectivity index (χ0) is 22.2. The second kappa shape index (κ2) is 15.4. The first-order valence-electron chi connectivity index (χ1n) is 10.7. The summed E-state index contributed by atoms with van der Waals surface area (Å²) in [7, 11) is 1.63. The molecule has 0 saturated carbocycles. The summed E-state index contributed by atoms with van der Waals surface area (Å²) >= 11 is 0. The van der Waals surface area contributed by atoms with Crippen LogP contribution in [0.5, 0.6) is 5.75 Å². The Kier molecular flexibility index (Phi) is 13.2. The van der Waals surface area contributed by atoms with Crippen LogP contribution in [0.25, 0.3) is 0 Å². The van der Waals surface area contributed by atoms with E-state index in [1.807, 2.05) is 31.2 Å². The maximum atomic E-state index is 12.2. The highest BCUT2D eigenvalue weighted by molar-refractivity contribution is 6.36. The molecule has 0 bridgehead atoms. The maximum Gasteiger partial charge on any atom is 0.332 e. The number of rotatable bonds is 16. The van der Waals surface area contributed by atoms with E-state index in [1.165, 1.54) is 5.56 Å². The third kappa shape index (κ3) is 11.0. The highest BCUT2D eigenvalue weighted by atomic mass is 16.6. The summed E-state index contributed by atoms with van der Waals surface area (Å²) in [6.07, 6.45) is 5.08. The first-order valence-corrected chi connectivity index (χ1v) is 10.7. The van der Waals surface area contributed by atoms with E-state index in [4.69, 9.17) is 14.2 Å². The lowest BCUT2D eigenvalue weighted by Crippen LogP contribution is -2.42. The number of unbranched alkanes of at least 4 members (excludes halogenated alkanes) is 2. The lowest BCUT2D eigenvalue weighted by atomic mass is 10.0. The lowest BCUT2D eigenvalue weighted by molar-refractivity contribution is -0.148. The number of ether oxygens (including phenoxy) is 3. The van der Waals surface area contributed by atoms with Crippen LogP contribution in [0.3, 0.4) is 0 Å². The maximum absolute atomic E-state index is 12.2. The zero-order valence-corrected chi connectivity index (χ0v) is 18.4. The molecular formula is C23H35NO6. The van der Waals surface area contributed by atoms with Crippen LogP contribution in [0.15, 0.2) is 24.3 Å². The van der Waals surface area contributed by atoms with Crippen molar-refractivity contribution in [2.45, 2.75) is 64.8 Å². The molecule has 0 fully saturated rings. The first-order chi connectivity index (χ1) is 14.5. The summed E-state index contributed by atoms with van der Waals surface area (Å²) in [5.41, 5.74) is 1.17. The van der Waals surface area contributed by atoms with Crippen LogP contribution in [0, 0.1) is 0 Å². The van der Waals surface area contributed by atoms with Crippen molar-refractivity contribution in [2.75, 3.05) is 26.9 Å². The lowest BCUT2D eigenvalue weighted by Gasteiger charge is -2.18. The van der Waals surface area contributed by atoms with Crippen LogP contribution in [-0.2, 0) is 30.3 Å². The van der Waals surface area contributed by atoms with Gasteiger partial charge in [-0.2, -0.15) is 0 Å². The van der Waals surface area contributed by atoms with Crippen LogP contribution in [0.1, 0.15) is 57.9 Å². The van der Waals surface area contributed by atoms with E-state index in [0.29, 0.717) is 19.4 Å². The smallest absolute Gasteiger partial charge is 0.332 e. The van der Waals surface area contributed by atoms with Gasteiger partial charge in [-0.25, -0.2) is 4.79 Å². The number of Topliss-reactive ketones (excluding diaryl/α,β-unsaturated/α-hetero) is 1. The number of methoxy groups -OCH3 is 1. The van der Waals surface area contributed by atoms with Crippen molar-refractivity contribution in [2.24, 2.45) is 0 Å². The molecule has 0 unspecified atom stereocenters. The molecule has 0 aliphatic carbocycles. The Morgan fingerprint density at radius 1 is 1.03 bits per heavy atom. The Morgan fingerprint density at radius 2 is 1.77 bits per heavy atom. The number of esters is 1. The Labute approximate surface area is 179 Å². The molecule has 0 radical (unpaired) electrons. The highest BCUT2D eigenvalue weighted by Crippen LogP contribution is 2.13. The first kappa shape index (κ1) is 25.6. The molecule has 0 spiro atoms. The van der Waals surface area contributed by atoms with Crippen molar-refractivity contribution in [1.82, 2.24) is 5.32 Å². The number of amides is 1. The van der Waals surface area contributed by atoms with Gasteiger partial charge in [0.2, 0.25) is 5.78 Å². The zero-order valence-electron chi connectivity index (χ0n) is 18.4. The third-order valence-corrected chi connectivity index (χ3v) is 4.62. The van der Waals surface area contributed by atoms with Gasteiger partial charge < -0.3 is 19.5 Å². The molecule has 7 heteroatoms. The van der Waals surface area contributed by atoms with Crippen LogP contribution in [-0.4, -0.2) is 50.6 Å². The minimum Gasteiger partial charge on any atom is -0.497 e. The monoisotopic (exact) mass is 421 g/mol. The summed E-state index contributed by atoms with van der Waals surface area (Å²) in [5.74, 6) is -0.627. The molecule has 168 valence electrons. The topological polar surface area (TPSA) is 90.9 Å². The van der Waals surface area contributed by atoms with Gasteiger partial charge in [-0.3, -0.25) is 9.59 Å². The van der Waals surface area contributed by atoms with E-state index in [0.717, 1.165) is 31.4 Å². The van der Waals surface area contributed by atoms with Crippen molar-refractivity contribution in [3.63, 3.8) is 0 Å². The third-order valence-electron chi connectivity index (χ3n) is 4.62. The fraction of sp³-hybridized carbons (Fsp3) is 0.609. The van der Waals surface area contributed by atoms with Crippen molar-refractivity contribution in [3.8, 4) is 5.75 Å². The van der Waals surface area contributed by atoms with Crippen LogP contribution >= 0.6 is 0 Å². The molecule has 0 aromatic heterocycles. The molecule has 1 aromatic carbocycles. The van der Waals surface area contributed by atoms with Gasteiger partial charge in [0.05, 0.1) is 26.4 Å². The number of hydrogen-bond donors (Lipinski definition) is 1. The van der Waals surface area contributed by atoms with Crippen molar-refractivity contribution in [3.05, 3.63) is 29.8 Å². The molecule has 1 aromatic rings. The van der Waals surface area contributed by atoms with Crippen LogP contribution < -0.4 is 10.1 Å². The summed E-state index contributed by atoms with van der Waals surface area (Å²) in [5, 5.41) is 2.75. The minimum atomic E-state index is -0.583. The predicted molar refractivity (Wildman–Crippen MR) is 114 cm³/mol. The predicted octanol–water partition coefficient (Wildman–Crippen LogP) is 3.23. The average Bonchev–Trinajstić information content (AvgIpc) is 2.75. The van der Waals surface area contributed by atoms with Crippen molar-refractivity contribution >= 4 is 17.7 Å². The van der Waals surface area contributed by atoms with Gasteiger partial charge >= 0.3 is 5.97 Å². The molecular weight excluding hydrogens is 386 g/mol. The molecule has 30 heavy (non-hydrogen) atoms. The molecule has 0 heterocycles. The van der Waals surface area contributed by atoms with Gasteiger partial charge in [-0.05, 0) is 50.3 Å². The number of benzene rings is 1. The molecule has 1 amide bonds. The SMILES string of the molecule is CCCC[C@@H](COCC(=O)OCC)NC(=O)C(=O)CCCCc1ccc(OC)cc1. The van der Waals surface area contributed by atoms with Gasteiger partial charge in [-0.15, -0.1) is 0 Å². The van der Waals surface area contributed by atoms with Gasteiger partial charge in [0, 0.05) is 6.42 Å². The Morgan fingerprint density at radius 3 is 2.40 bits per heavy atom. The van der Waals surface area contributed by atoms with E-state index in [1.54, 1.807) is 14.0 Å². The second-order valence-corrected chi connectivity index (χ2v) is 7.11. The van der Waals surface area contributed by atoms with E-state index in [-0.39, 0.29) is 25.7 Å². The van der Waals surface area contributed by atoms with Gasteiger partial charge in [-0.1, -0.05) is 31.9 Å². The molecule has 0 saturated heterocycles. The van der Waals surface area contributed by atoms with E-state index in [9.17, 15) is 14.4 Å². The van der Waals surface area contributed by atoms with E-state index < -0.39 is 17.7 Å². The number of carbonyl (C=O) groups is 3. The summed E-state index contributed by atoms with van der Waals surface area (Å²) < 4.78 is 15.3. The summed E-state index contributed by atoms with van der Waals surface area (Å²) in [6.45, 7) is 4.09. The highest BCUT2D eigenvalue weighted by Gasteiger charge is 2.18. The molecule has 0 aliphatic rings. The summed E-state index contributed by atoms with van der Waals surface area (Å²) in [4.78, 5) is 35.8. The standard InChI is InChI=1S/C23H35NO6/c1-4-6-10-19(16-29-17-22(26)30-5-2)24-23(27)21(25)11-8-7-9-18-12-14-20(28-3)15-13-18/h12-15,19H,4-11,16-17H2,1-3H3,(H,24,27)/t19-/m0/s1. The van der Waals surface area contributed by atoms with Gasteiger partial charge in [0.25, 0.3) is 5.91 Å². The quantitative estimate of drug-likeness (QED) is 0.250. The van der Waals surface area contributed by atoms with Crippen LogP contribution in [0.4, 0.5) is 0 Å². The second-order valence-electron chi connectivity index (χ2n) is 7.11. The molecule has 1 N–H and O–H groups in total. The van der Waals surface area contributed by atoms with Crippen LogP contribution in [0.2, 0.25) is 0 Å². The van der Waals surface area contributed by atoms with Gasteiger partial charge in [0.1, 0.15) is 12.4 Å². The number of nitrogens with one attached hydrogen (secondary N) is 1. The fourth-order valence-corrected chi connectivity index (χ4v) is 2.92.